The van der Waals surface area contributed by atoms with Crippen molar-refractivity contribution in [2.75, 3.05) is 5.32 Å². The summed E-state index contributed by atoms with van der Waals surface area (Å²) in [6.45, 7) is 0.336. The normalized spacial score (nSPS) is 10.1. The van der Waals surface area contributed by atoms with Gasteiger partial charge in [0.1, 0.15) is 10.7 Å². The molecule has 1 amide bonds. The molecule has 0 spiro atoms. The Kier molecular flexibility index (Phi) is 3.18. The van der Waals surface area contributed by atoms with Crippen LogP contribution in [0.4, 0.5) is 5.82 Å². The van der Waals surface area contributed by atoms with Crippen LogP contribution in [0.3, 0.4) is 0 Å². The third-order valence-corrected chi connectivity index (χ3v) is 2.63. The number of hydrogen-bond acceptors (Lipinski definition) is 6. The van der Waals surface area contributed by atoms with Crippen molar-refractivity contribution in [3.8, 4) is 0 Å². The molecule has 2 aromatic rings. The van der Waals surface area contributed by atoms with Crippen molar-refractivity contribution < 1.29 is 4.79 Å². The third kappa shape index (κ3) is 2.38. The number of nitrogens with two attached hydrogens (primary N) is 1. The van der Waals surface area contributed by atoms with Crippen molar-refractivity contribution in [3.63, 3.8) is 0 Å². The van der Waals surface area contributed by atoms with Crippen molar-refractivity contribution in [2.45, 2.75) is 6.54 Å². The average molecular weight is 235 g/mol. The molecule has 0 radical (unpaired) electrons. The number of hydrogen-bond donors (Lipinski definition) is 2. The molecule has 2 aromatic heterocycles. The van der Waals surface area contributed by atoms with Gasteiger partial charge in [-0.15, -0.1) is 11.3 Å². The maximum absolute atomic E-state index is 11.7. The zero-order chi connectivity index (χ0) is 11.4. The van der Waals surface area contributed by atoms with Gasteiger partial charge < -0.3 is 11.1 Å². The second-order valence-electron chi connectivity index (χ2n) is 2.88. The van der Waals surface area contributed by atoms with E-state index in [9.17, 15) is 4.79 Å². The molecule has 0 aliphatic carbocycles. The van der Waals surface area contributed by atoms with Gasteiger partial charge in [0.15, 0.2) is 5.82 Å². The van der Waals surface area contributed by atoms with Crippen molar-refractivity contribution >= 4 is 23.1 Å². The van der Waals surface area contributed by atoms with E-state index < -0.39 is 0 Å². The minimum atomic E-state index is -0.309. The Morgan fingerprint density at radius 2 is 2.38 bits per heavy atom. The van der Waals surface area contributed by atoms with Crippen molar-refractivity contribution in [3.05, 3.63) is 34.7 Å². The second kappa shape index (κ2) is 4.77. The Balaban J connectivity index is 2.09. The van der Waals surface area contributed by atoms with E-state index in [2.05, 4.69) is 20.3 Å². The molecule has 2 heterocycles. The molecule has 0 fully saturated rings. The summed E-state index contributed by atoms with van der Waals surface area (Å²) in [5.74, 6) is 0.0891. The quantitative estimate of drug-likeness (QED) is 0.814. The van der Waals surface area contributed by atoms with E-state index in [0.29, 0.717) is 18.1 Å². The largest absolute Gasteiger partial charge is 0.325 e. The van der Waals surface area contributed by atoms with Crippen LogP contribution in [0.1, 0.15) is 15.5 Å². The smallest absolute Gasteiger partial charge is 0.276 e. The van der Waals surface area contributed by atoms with Gasteiger partial charge in [-0.25, -0.2) is 9.97 Å². The average Bonchev–Trinajstić information content (AvgIpc) is 2.79. The molecular formula is C9H9N5OS. The number of nitrogens with one attached hydrogen (secondary N) is 1. The Morgan fingerprint density at radius 1 is 1.50 bits per heavy atom. The predicted octanol–water partition coefficient (Wildman–Crippen LogP) is 0.644. The number of thiazole rings is 1. The van der Waals surface area contributed by atoms with Crippen molar-refractivity contribution in [1.82, 2.24) is 15.0 Å². The van der Waals surface area contributed by atoms with Gasteiger partial charge in [0, 0.05) is 24.3 Å². The number of anilines is 1. The topological polar surface area (TPSA) is 93.8 Å². The molecule has 0 unspecified atom stereocenters. The second-order valence-corrected chi connectivity index (χ2v) is 3.82. The summed E-state index contributed by atoms with van der Waals surface area (Å²) in [5, 5.41) is 4.97. The van der Waals surface area contributed by atoms with Crippen LogP contribution < -0.4 is 11.1 Å². The van der Waals surface area contributed by atoms with Crippen LogP contribution in [-0.2, 0) is 6.54 Å². The van der Waals surface area contributed by atoms with Crippen molar-refractivity contribution in [1.29, 1.82) is 0 Å². The summed E-state index contributed by atoms with van der Waals surface area (Å²) < 4.78 is 0. The number of amides is 1. The minimum Gasteiger partial charge on any atom is -0.325 e. The van der Waals surface area contributed by atoms with E-state index in [1.807, 2.05) is 0 Å². The number of aromatic nitrogens is 3. The van der Waals surface area contributed by atoms with Crippen LogP contribution in [0, 0.1) is 0 Å². The lowest BCUT2D eigenvalue weighted by molar-refractivity contribution is 0.102. The van der Waals surface area contributed by atoms with Crippen LogP contribution >= 0.6 is 11.3 Å². The van der Waals surface area contributed by atoms with Crippen LogP contribution in [-0.4, -0.2) is 20.9 Å². The molecule has 6 nitrogen and oxygen atoms in total. The zero-order valence-electron chi connectivity index (χ0n) is 8.25. The number of nitrogens with zero attached hydrogens (tertiary/aromatic N) is 3. The lowest BCUT2D eigenvalue weighted by atomic mass is 10.4. The predicted molar refractivity (Wildman–Crippen MR) is 60.0 cm³/mol. The van der Waals surface area contributed by atoms with E-state index in [1.165, 1.54) is 29.9 Å². The van der Waals surface area contributed by atoms with Gasteiger partial charge in [-0.05, 0) is 0 Å². The van der Waals surface area contributed by atoms with E-state index in [1.54, 1.807) is 5.38 Å². The fourth-order valence-electron chi connectivity index (χ4n) is 1.05. The summed E-state index contributed by atoms with van der Waals surface area (Å²) >= 11 is 1.36. The fourth-order valence-corrected chi connectivity index (χ4v) is 1.71. The third-order valence-electron chi connectivity index (χ3n) is 1.76. The van der Waals surface area contributed by atoms with Crippen molar-refractivity contribution in [2.24, 2.45) is 5.73 Å². The van der Waals surface area contributed by atoms with E-state index >= 15 is 0 Å². The van der Waals surface area contributed by atoms with Crippen LogP contribution in [0.2, 0.25) is 0 Å². The molecule has 0 aromatic carbocycles. The molecule has 0 saturated heterocycles. The highest BCUT2D eigenvalue weighted by Gasteiger charge is 2.10. The molecule has 82 valence electrons. The van der Waals surface area contributed by atoms with Gasteiger partial charge in [0.2, 0.25) is 0 Å². The van der Waals surface area contributed by atoms with Gasteiger partial charge in [-0.1, -0.05) is 0 Å². The zero-order valence-corrected chi connectivity index (χ0v) is 9.07. The van der Waals surface area contributed by atoms with E-state index in [-0.39, 0.29) is 5.91 Å². The first kappa shape index (κ1) is 10.7. The van der Waals surface area contributed by atoms with Gasteiger partial charge in [0.05, 0.1) is 6.20 Å². The summed E-state index contributed by atoms with van der Waals surface area (Å²) in [5.41, 5.74) is 5.75. The monoisotopic (exact) mass is 235 g/mol. The Morgan fingerprint density at radius 3 is 3.00 bits per heavy atom. The lowest BCUT2D eigenvalue weighted by Crippen LogP contribution is -2.13. The highest BCUT2D eigenvalue weighted by Crippen LogP contribution is 2.10. The van der Waals surface area contributed by atoms with Gasteiger partial charge in [-0.2, -0.15) is 0 Å². The highest BCUT2D eigenvalue weighted by atomic mass is 32.1. The van der Waals surface area contributed by atoms with E-state index in [4.69, 9.17) is 5.73 Å². The first-order valence-electron chi connectivity index (χ1n) is 4.51. The maximum atomic E-state index is 11.7. The summed E-state index contributed by atoms with van der Waals surface area (Å²) in [7, 11) is 0. The molecule has 0 bridgehead atoms. The van der Waals surface area contributed by atoms with Gasteiger partial charge in [0.25, 0.3) is 5.91 Å². The Bertz CT molecular complexity index is 484. The van der Waals surface area contributed by atoms with Crippen LogP contribution in [0.25, 0.3) is 0 Å². The first-order chi connectivity index (χ1) is 7.79. The van der Waals surface area contributed by atoms with Gasteiger partial charge >= 0.3 is 0 Å². The summed E-state index contributed by atoms with van der Waals surface area (Å²) in [6, 6.07) is 0. The highest BCUT2D eigenvalue weighted by molar-refractivity contribution is 7.09. The molecule has 16 heavy (non-hydrogen) atoms. The fraction of sp³-hybridized carbons (Fsp3) is 0.111. The van der Waals surface area contributed by atoms with Gasteiger partial charge in [-0.3, -0.25) is 9.78 Å². The molecule has 2 rings (SSSR count). The maximum Gasteiger partial charge on any atom is 0.276 e. The molecule has 0 aliphatic heterocycles. The molecule has 0 aliphatic rings. The molecule has 0 atom stereocenters. The standard InChI is InChI=1S/C9H9N5OS/c10-3-8-13-6(5-16-8)9(15)14-7-4-11-1-2-12-7/h1-2,4-5H,3,10H2,(H,12,14,15). The van der Waals surface area contributed by atoms with Crippen LogP contribution in [0.15, 0.2) is 24.0 Å². The molecule has 7 heteroatoms. The molecular weight excluding hydrogens is 226 g/mol. The first-order valence-corrected chi connectivity index (χ1v) is 5.39. The summed E-state index contributed by atoms with van der Waals surface area (Å²) in [6.07, 6.45) is 4.50. The minimum absolute atomic E-state index is 0.309. The molecule has 3 N–H and O–H groups in total. The number of rotatable bonds is 3. The summed E-state index contributed by atoms with van der Waals surface area (Å²) in [4.78, 5) is 23.5. The number of carbonyl (C=O) groups is 1. The Labute approximate surface area is 95.6 Å². The van der Waals surface area contributed by atoms with E-state index in [0.717, 1.165) is 5.01 Å². The van der Waals surface area contributed by atoms with Crippen LogP contribution in [0.5, 0.6) is 0 Å². The molecule has 0 saturated carbocycles. The Hall–Kier alpha value is -1.86. The SMILES string of the molecule is NCc1nc(C(=O)Nc2cnccn2)cs1. The number of carbonyl (C=O) groups excluding carboxylic acids is 1. The lowest BCUT2D eigenvalue weighted by Gasteiger charge is -1.99.